The minimum absolute atomic E-state index is 0.162. The first-order valence-corrected chi connectivity index (χ1v) is 6.53. The summed E-state index contributed by atoms with van der Waals surface area (Å²) >= 11 is 0. The third kappa shape index (κ3) is 3.76. The quantitative estimate of drug-likeness (QED) is 0.709. The fourth-order valence-electron chi connectivity index (χ4n) is 2.26. The van der Waals surface area contributed by atoms with Crippen LogP contribution >= 0.6 is 0 Å². The summed E-state index contributed by atoms with van der Waals surface area (Å²) in [5.41, 5.74) is 0. The van der Waals surface area contributed by atoms with Crippen LogP contribution in [0.5, 0.6) is 0 Å². The number of piperidine rings is 1. The van der Waals surface area contributed by atoms with Gasteiger partial charge in [0.15, 0.2) is 0 Å². The molecule has 0 aromatic heterocycles. The lowest BCUT2D eigenvalue weighted by atomic mass is 10.1. The number of nitrogens with one attached hydrogen (secondary N) is 2. The normalized spacial score (nSPS) is 26.7. The first-order chi connectivity index (χ1) is 7.78. The Bertz CT molecular complexity index is 240. The van der Waals surface area contributed by atoms with E-state index < -0.39 is 0 Å². The topological polar surface area (TPSA) is 44.4 Å². The molecular formula is C12H23N3O. The summed E-state index contributed by atoms with van der Waals surface area (Å²) in [4.78, 5) is 14.1. The van der Waals surface area contributed by atoms with Gasteiger partial charge in [0.25, 0.3) is 0 Å². The van der Waals surface area contributed by atoms with Crippen LogP contribution < -0.4 is 10.6 Å². The summed E-state index contributed by atoms with van der Waals surface area (Å²) in [5.74, 6) is 0.162. The monoisotopic (exact) mass is 225 g/mol. The molecule has 92 valence electrons. The number of hydrogen-bond donors (Lipinski definition) is 2. The van der Waals surface area contributed by atoms with Crippen molar-refractivity contribution in [2.45, 2.75) is 44.7 Å². The molecule has 4 heteroatoms. The second-order valence-corrected chi connectivity index (χ2v) is 4.96. The first kappa shape index (κ1) is 11.9. The molecular weight excluding hydrogens is 202 g/mol. The van der Waals surface area contributed by atoms with Gasteiger partial charge < -0.3 is 15.5 Å². The second kappa shape index (κ2) is 5.64. The van der Waals surface area contributed by atoms with Crippen molar-refractivity contribution in [2.75, 3.05) is 26.2 Å². The summed E-state index contributed by atoms with van der Waals surface area (Å²) in [6.45, 7) is 5.97. The molecule has 0 radical (unpaired) electrons. The number of rotatable bonds is 5. The highest BCUT2D eigenvalue weighted by Crippen LogP contribution is 2.18. The predicted octanol–water partition coefficient (Wildman–Crippen LogP) is 0.339. The molecule has 0 spiro atoms. The maximum absolute atomic E-state index is 11.6. The second-order valence-electron chi connectivity index (χ2n) is 4.96. The Labute approximate surface area is 97.8 Å². The van der Waals surface area contributed by atoms with Crippen LogP contribution in [0.3, 0.4) is 0 Å². The number of carbonyl (C=O) groups excluding carboxylic acids is 1. The molecule has 0 aromatic rings. The van der Waals surface area contributed by atoms with Gasteiger partial charge in [0, 0.05) is 18.6 Å². The molecule has 2 aliphatic rings. The van der Waals surface area contributed by atoms with Gasteiger partial charge in [0.05, 0.1) is 6.54 Å². The zero-order chi connectivity index (χ0) is 11.4. The van der Waals surface area contributed by atoms with Crippen molar-refractivity contribution in [2.24, 2.45) is 0 Å². The zero-order valence-corrected chi connectivity index (χ0v) is 10.2. The summed E-state index contributed by atoms with van der Waals surface area (Å²) in [6, 6.07) is 0.978. The highest BCUT2D eigenvalue weighted by Gasteiger charge is 2.23. The Morgan fingerprint density at radius 1 is 1.31 bits per heavy atom. The molecule has 2 rings (SSSR count). The fourth-order valence-corrected chi connectivity index (χ4v) is 2.26. The van der Waals surface area contributed by atoms with Gasteiger partial charge in [-0.25, -0.2) is 0 Å². The molecule has 1 saturated carbocycles. The van der Waals surface area contributed by atoms with Gasteiger partial charge in [-0.2, -0.15) is 0 Å². The number of likely N-dealkylation sites (tertiary alicyclic amines) is 1. The molecule has 4 nitrogen and oxygen atoms in total. The molecule has 1 aliphatic heterocycles. The number of nitrogens with zero attached hydrogens (tertiary/aromatic N) is 1. The highest BCUT2D eigenvalue weighted by molar-refractivity contribution is 5.78. The van der Waals surface area contributed by atoms with Crippen LogP contribution in [-0.2, 0) is 4.79 Å². The number of carbonyl (C=O) groups is 1. The van der Waals surface area contributed by atoms with Crippen LogP contribution in [0.4, 0.5) is 0 Å². The van der Waals surface area contributed by atoms with Crippen LogP contribution in [0.1, 0.15) is 32.6 Å². The molecule has 1 aliphatic carbocycles. The van der Waals surface area contributed by atoms with Crippen molar-refractivity contribution in [1.29, 1.82) is 0 Å². The number of likely N-dealkylation sites (N-methyl/N-ethyl adjacent to an activating group) is 1. The smallest absolute Gasteiger partial charge is 0.234 e. The van der Waals surface area contributed by atoms with Crippen molar-refractivity contribution in [3.63, 3.8) is 0 Å². The molecule has 0 bridgehead atoms. The molecule has 2 N–H and O–H groups in total. The molecule has 1 amide bonds. The molecule has 1 atom stereocenters. The van der Waals surface area contributed by atoms with E-state index in [-0.39, 0.29) is 5.91 Å². The lowest BCUT2D eigenvalue weighted by Gasteiger charge is -2.32. The predicted molar refractivity (Wildman–Crippen MR) is 64.3 cm³/mol. The Hall–Kier alpha value is -0.610. The lowest BCUT2D eigenvalue weighted by Crippen LogP contribution is -2.49. The van der Waals surface area contributed by atoms with E-state index >= 15 is 0 Å². The SMILES string of the molecule is CCN1CCCC(NC(=O)CNC2CC2)C1. The third-order valence-electron chi connectivity index (χ3n) is 3.45. The largest absolute Gasteiger partial charge is 0.351 e. The Morgan fingerprint density at radius 3 is 2.81 bits per heavy atom. The van der Waals surface area contributed by atoms with Crippen molar-refractivity contribution in [3.8, 4) is 0 Å². The third-order valence-corrected chi connectivity index (χ3v) is 3.45. The maximum Gasteiger partial charge on any atom is 0.234 e. The number of hydrogen-bond acceptors (Lipinski definition) is 3. The fraction of sp³-hybridized carbons (Fsp3) is 0.917. The van der Waals surface area contributed by atoms with Crippen LogP contribution in [0.15, 0.2) is 0 Å². The molecule has 1 unspecified atom stereocenters. The Morgan fingerprint density at radius 2 is 2.12 bits per heavy atom. The molecule has 16 heavy (non-hydrogen) atoms. The molecule has 0 aromatic carbocycles. The van der Waals surface area contributed by atoms with E-state index in [9.17, 15) is 4.79 Å². The average molecular weight is 225 g/mol. The Kier molecular flexibility index (Phi) is 4.18. The van der Waals surface area contributed by atoms with E-state index in [1.54, 1.807) is 0 Å². The maximum atomic E-state index is 11.6. The van der Waals surface area contributed by atoms with Crippen LogP contribution in [0.2, 0.25) is 0 Å². The molecule has 2 fully saturated rings. The van der Waals surface area contributed by atoms with Crippen molar-refractivity contribution < 1.29 is 4.79 Å². The van der Waals surface area contributed by atoms with Crippen LogP contribution in [0.25, 0.3) is 0 Å². The molecule has 1 heterocycles. The van der Waals surface area contributed by atoms with Gasteiger partial charge >= 0.3 is 0 Å². The van der Waals surface area contributed by atoms with Gasteiger partial charge in [-0.15, -0.1) is 0 Å². The average Bonchev–Trinajstić information content (AvgIpc) is 3.10. The van der Waals surface area contributed by atoms with Crippen LogP contribution in [0, 0.1) is 0 Å². The van der Waals surface area contributed by atoms with E-state index in [4.69, 9.17) is 0 Å². The summed E-state index contributed by atoms with van der Waals surface area (Å²) in [5, 5.41) is 6.37. The lowest BCUT2D eigenvalue weighted by molar-refractivity contribution is -0.121. The minimum Gasteiger partial charge on any atom is -0.351 e. The van der Waals surface area contributed by atoms with Gasteiger partial charge in [-0.1, -0.05) is 6.92 Å². The Balaban J connectivity index is 1.64. The van der Waals surface area contributed by atoms with Crippen molar-refractivity contribution >= 4 is 5.91 Å². The van der Waals surface area contributed by atoms with Gasteiger partial charge in [-0.05, 0) is 38.8 Å². The highest BCUT2D eigenvalue weighted by atomic mass is 16.2. The van der Waals surface area contributed by atoms with Gasteiger partial charge in [0.2, 0.25) is 5.91 Å². The van der Waals surface area contributed by atoms with Crippen molar-refractivity contribution in [1.82, 2.24) is 15.5 Å². The van der Waals surface area contributed by atoms with E-state index in [1.807, 2.05) is 0 Å². The van der Waals surface area contributed by atoms with Gasteiger partial charge in [0.1, 0.15) is 0 Å². The van der Waals surface area contributed by atoms with E-state index in [0.29, 0.717) is 18.6 Å². The summed E-state index contributed by atoms with van der Waals surface area (Å²) in [7, 11) is 0. The van der Waals surface area contributed by atoms with E-state index in [0.717, 1.165) is 19.5 Å². The number of amides is 1. The van der Waals surface area contributed by atoms with E-state index in [2.05, 4.69) is 22.5 Å². The zero-order valence-electron chi connectivity index (χ0n) is 10.2. The first-order valence-electron chi connectivity index (χ1n) is 6.53. The standard InChI is InChI=1S/C12H23N3O/c1-2-15-7-3-4-11(9-15)14-12(16)8-13-10-5-6-10/h10-11,13H,2-9H2,1H3,(H,14,16). The van der Waals surface area contributed by atoms with E-state index in [1.165, 1.54) is 25.8 Å². The van der Waals surface area contributed by atoms with Gasteiger partial charge in [-0.3, -0.25) is 4.79 Å². The summed E-state index contributed by atoms with van der Waals surface area (Å²) < 4.78 is 0. The molecule has 1 saturated heterocycles. The van der Waals surface area contributed by atoms with Crippen molar-refractivity contribution in [3.05, 3.63) is 0 Å². The minimum atomic E-state index is 0.162. The van der Waals surface area contributed by atoms with Crippen LogP contribution in [-0.4, -0.2) is 49.1 Å². The summed E-state index contributed by atoms with van der Waals surface area (Å²) in [6.07, 6.45) is 4.81.